The second-order valence-corrected chi connectivity index (χ2v) is 5.81. The van der Waals surface area contributed by atoms with Crippen molar-refractivity contribution >= 4 is 11.8 Å². The number of carbonyl (C=O) groups is 2. The number of amides is 2. The van der Waals surface area contributed by atoms with Crippen LogP contribution in [-0.2, 0) is 14.3 Å². The summed E-state index contributed by atoms with van der Waals surface area (Å²) in [5.41, 5.74) is -0.189. The summed E-state index contributed by atoms with van der Waals surface area (Å²) in [6.07, 6.45) is 1.37. The van der Waals surface area contributed by atoms with Crippen molar-refractivity contribution in [3.05, 3.63) is 0 Å². The maximum atomic E-state index is 12.2. The Morgan fingerprint density at radius 1 is 1.10 bits per heavy atom. The first-order valence-electron chi connectivity index (χ1n) is 7.44. The van der Waals surface area contributed by atoms with Gasteiger partial charge >= 0.3 is 0 Å². The summed E-state index contributed by atoms with van der Waals surface area (Å²) in [5, 5.41) is 3.15. The third-order valence-corrected chi connectivity index (χ3v) is 4.05. The Bertz CT molecular complexity index is 369. The van der Waals surface area contributed by atoms with Gasteiger partial charge in [-0.25, -0.2) is 0 Å². The fraction of sp³-hybridized carbons (Fsp3) is 0.857. The fourth-order valence-corrected chi connectivity index (χ4v) is 2.55. The van der Waals surface area contributed by atoms with E-state index in [1.165, 1.54) is 0 Å². The lowest BCUT2D eigenvalue weighted by atomic mass is 10.0. The van der Waals surface area contributed by atoms with E-state index in [-0.39, 0.29) is 24.0 Å². The summed E-state index contributed by atoms with van der Waals surface area (Å²) in [6, 6.07) is 0. The minimum absolute atomic E-state index is 0.0314. The molecular formula is C14H25N3O3. The van der Waals surface area contributed by atoms with Crippen LogP contribution in [0.5, 0.6) is 0 Å². The molecule has 0 unspecified atom stereocenters. The molecule has 0 aromatic heterocycles. The largest absolute Gasteiger partial charge is 0.363 e. The van der Waals surface area contributed by atoms with Crippen molar-refractivity contribution in [1.82, 2.24) is 15.1 Å². The Morgan fingerprint density at radius 2 is 1.70 bits per heavy atom. The number of nitrogens with zero attached hydrogens (tertiary/aromatic N) is 2. The lowest BCUT2D eigenvalue weighted by Crippen LogP contribution is -2.59. The molecule has 0 aromatic carbocycles. The number of carbonyl (C=O) groups excluding carboxylic acids is 2. The molecule has 2 saturated heterocycles. The van der Waals surface area contributed by atoms with Crippen LogP contribution in [0.3, 0.4) is 0 Å². The number of hydrogen-bond acceptors (Lipinski definition) is 4. The van der Waals surface area contributed by atoms with E-state index in [2.05, 4.69) is 5.32 Å². The Hall–Kier alpha value is -1.14. The van der Waals surface area contributed by atoms with E-state index < -0.39 is 0 Å². The summed E-state index contributed by atoms with van der Waals surface area (Å²) >= 11 is 0. The lowest BCUT2D eigenvalue weighted by molar-refractivity contribution is -0.146. The van der Waals surface area contributed by atoms with Gasteiger partial charge < -0.3 is 19.9 Å². The molecular weight excluding hydrogens is 258 g/mol. The predicted molar refractivity (Wildman–Crippen MR) is 75.3 cm³/mol. The van der Waals surface area contributed by atoms with Gasteiger partial charge in [0.05, 0.1) is 5.60 Å². The summed E-state index contributed by atoms with van der Waals surface area (Å²) < 4.78 is 5.68. The van der Waals surface area contributed by atoms with Gasteiger partial charge in [0.15, 0.2) is 0 Å². The van der Waals surface area contributed by atoms with Crippen LogP contribution in [0.15, 0.2) is 0 Å². The average molecular weight is 283 g/mol. The molecule has 2 fully saturated rings. The topological polar surface area (TPSA) is 61.9 Å². The van der Waals surface area contributed by atoms with E-state index in [9.17, 15) is 9.59 Å². The molecule has 2 heterocycles. The predicted octanol–water partition coefficient (Wildman–Crippen LogP) is -0.164. The van der Waals surface area contributed by atoms with Crippen LogP contribution in [0.2, 0.25) is 0 Å². The van der Waals surface area contributed by atoms with Gasteiger partial charge in [0.2, 0.25) is 11.8 Å². The van der Waals surface area contributed by atoms with Crippen LogP contribution in [-0.4, -0.2) is 73.1 Å². The van der Waals surface area contributed by atoms with Crippen molar-refractivity contribution in [2.75, 3.05) is 45.9 Å². The molecule has 0 saturated carbocycles. The summed E-state index contributed by atoms with van der Waals surface area (Å²) in [5.74, 6) is 0.201. The monoisotopic (exact) mass is 283 g/mol. The highest BCUT2D eigenvalue weighted by Crippen LogP contribution is 2.15. The number of ether oxygens (including phenoxy) is 1. The summed E-state index contributed by atoms with van der Waals surface area (Å²) in [4.78, 5) is 27.5. The van der Waals surface area contributed by atoms with Gasteiger partial charge in [0.1, 0.15) is 6.61 Å². The van der Waals surface area contributed by atoms with E-state index in [0.717, 1.165) is 26.1 Å². The smallest absolute Gasteiger partial charge is 0.248 e. The molecule has 114 valence electrons. The average Bonchev–Trinajstić information content (AvgIpc) is 2.67. The SMILES string of the molecule is CCC(=O)N1CCCN(C(=O)COC2(C)CNC2)CC1. The Kier molecular flexibility index (Phi) is 4.99. The number of hydrogen-bond donors (Lipinski definition) is 1. The van der Waals surface area contributed by atoms with Crippen molar-refractivity contribution in [1.29, 1.82) is 0 Å². The zero-order valence-electron chi connectivity index (χ0n) is 12.5. The molecule has 0 bridgehead atoms. The van der Waals surface area contributed by atoms with Gasteiger partial charge in [0, 0.05) is 45.7 Å². The second-order valence-electron chi connectivity index (χ2n) is 5.81. The Balaban J connectivity index is 1.77. The van der Waals surface area contributed by atoms with Crippen LogP contribution in [0, 0.1) is 0 Å². The molecule has 0 spiro atoms. The van der Waals surface area contributed by atoms with Gasteiger partial charge in [-0.1, -0.05) is 6.92 Å². The molecule has 0 aliphatic carbocycles. The van der Waals surface area contributed by atoms with E-state index in [1.807, 2.05) is 23.6 Å². The van der Waals surface area contributed by atoms with Gasteiger partial charge in [-0.3, -0.25) is 9.59 Å². The standard InChI is InChI=1S/C14H25N3O3/c1-3-12(18)16-5-4-6-17(8-7-16)13(19)9-20-14(2)10-15-11-14/h15H,3-11H2,1-2H3. The van der Waals surface area contributed by atoms with Crippen molar-refractivity contribution < 1.29 is 14.3 Å². The normalized spacial score (nSPS) is 22.1. The number of rotatable bonds is 4. The zero-order chi connectivity index (χ0) is 14.6. The fourth-order valence-electron chi connectivity index (χ4n) is 2.55. The lowest BCUT2D eigenvalue weighted by Gasteiger charge is -2.39. The van der Waals surface area contributed by atoms with E-state index in [0.29, 0.717) is 26.1 Å². The van der Waals surface area contributed by atoms with Crippen LogP contribution < -0.4 is 5.32 Å². The quantitative estimate of drug-likeness (QED) is 0.778. The van der Waals surface area contributed by atoms with Crippen LogP contribution in [0.1, 0.15) is 26.7 Å². The first-order valence-corrected chi connectivity index (χ1v) is 7.44. The molecule has 2 amide bonds. The first-order chi connectivity index (χ1) is 9.54. The maximum Gasteiger partial charge on any atom is 0.248 e. The van der Waals surface area contributed by atoms with E-state index in [4.69, 9.17) is 4.74 Å². The van der Waals surface area contributed by atoms with Crippen molar-refractivity contribution in [2.24, 2.45) is 0 Å². The molecule has 2 aliphatic rings. The molecule has 0 radical (unpaired) electrons. The molecule has 0 aromatic rings. The highest BCUT2D eigenvalue weighted by atomic mass is 16.5. The first kappa shape index (κ1) is 15.3. The van der Waals surface area contributed by atoms with E-state index in [1.54, 1.807) is 0 Å². The second kappa shape index (κ2) is 6.54. The molecule has 2 rings (SSSR count). The molecule has 20 heavy (non-hydrogen) atoms. The van der Waals surface area contributed by atoms with Crippen LogP contribution in [0.4, 0.5) is 0 Å². The molecule has 0 atom stereocenters. The van der Waals surface area contributed by atoms with Crippen molar-refractivity contribution in [3.63, 3.8) is 0 Å². The van der Waals surface area contributed by atoms with Crippen LogP contribution in [0.25, 0.3) is 0 Å². The Morgan fingerprint density at radius 3 is 2.20 bits per heavy atom. The zero-order valence-corrected chi connectivity index (χ0v) is 12.5. The van der Waals surface area contributed by atoms with Crippen molar-refractivity contribution in [3.8, 4) is 0 Å². The van der Waals surface area contributed by atoms with E-state index >= 15 is 0 Å². The molecule has 6 nitrogen and oxygen atoms in total. The third-order valence-electron chi connectivity index (χ3n) is 4.05. The molecule has 2 aliphatic heterocycles. The van der Waals surface area contributed by atoms with Gasteiger partial charge in [-0.15, -0.1) is 0 Å². The Labute approximate surface area is 120 Å². The number of nitrogens with one attached hydrogen (secondary N) is 1. The third kappa shape index (κ3) is 3.70. The highest BCUT2D eigenvalue weighted by Gasteiger charge is 2.33. The van der Waals surface area contributed by atoms with Gasteiger partial charge in [-0.2, -0.15) is 0 Å². The summed E-state index contributed by atoms with van der Waals surface area (Å²) in [6.45, 7) is 8.35. The van der Waals surface area contributed by atoms with Gasteiger partial charge in [0.25, 0.3) is 0 Å². The molecule has 1 N–H and O–H groups in total. The van der Waals surface area contributed by atoms with Crippen molar-refractivity contribution in [2.45, 2.75) is 32.3 Å². The summed E-state index contributed by atoms with van der Waals surface area (Å²) in [7, 11) is 0. The maximum absolute atomic E-state index is 12.2. The molecule has 6 heteroatoms. The van der Waals surface area contributed by atoms with Crippen LogP contribution >= 0.6 is 0 Å². The van der Waals surface area contributed by atoms with Gasteiger partial charge in [-0.05, 0) is 13.3 Å². The highest BCUT2D eigenvalue weighted by molar-refractivity contribution is 5.78. The minimum Gasteiger partial charge on any atom is -0.363 e. The minimum atomic E-state index is -0.189.